The molecule has 2 aliphatic rings. The number of fused-ring (bicyclic) bond motifs is 2. The maximum atomic E-state index is 12.5. The molecule has 5 aromatic rings. The Kier molecular flexibility index (Phi) is 15.9. The molecule has 2 aliphatic heterocycles. The average Bonchev–Trinajstić information content (AvgIpc) is 3.27. The van der Waals surface area contributed by atoms with E-state index in [4.69, 9.17) is 23.4 Å². The van der Waals surface area contributed by atoms with E-state index in [9.17, 15) is 9.90 Å². The van der Waals surface area contributed by atoms with Crippen LogP contribution in [-0.4, -0.2) is 101 Å². The molecule has 5 aromatic carbocycles. The molecule has 2 fully saturated rings. The maximum absolute atomic E-state index is 12.5. The smallest absolute Gasteiger partial charge is 0.407 e. The Balaban J connectivity index is 1.24. The lowest BCUT2D eigenvalue weighted by molar-refractivity contribution is -0.117. The van der Waals surface area contributed by atoms with Crippen LogP contribution in [0, 0.1) is 10.8 Å². The fourth-order valence-corrected chi connectivity index (χ4v) is 8.55. The Bertz CT molecular complexity index is 2320. The van der Waals surface area contributed by atoms with Crippen LogP contribution in [-0.2, 0) is 54.3 Å². The van der Waals surface area contributed by atoms with Crippen LogP contribution in [0.5, 0.6) is 0 Å². The van der Waals surface area contributed by atoms with Crippen LogP contribution >= 0.6 is 0 Å². The molecule has 0 radical (unpaired) electrons. The lowest BCUT2D eigenvalue weighted by Gasteiger charge is -2.34. The molecule has 0 saturated carbocycles. The monoisotopic (exact) mass is 854 g/mol. The van der Waals surface area contributed by atoms with Gasteiger partial charge in [-0.2, -0.15) is 0 Å². The SMILES string of the molecule is C=C(C)C(=O)NCCCN(Cc1ccccc1B1OCC(C)(C)CO1)Cc1c2ccccc2cc2cccc(CN(CCOCCO)Cc3ccccc3B3OCC(C)(C)CO3)c12. The Labute approximate surface area is 375 Å². The minimum atomic E-state index is -0.434. The number of aliphatic hydroxyl groups is 1. The zero-order valence-electron chi connectivity index (χ0n) is 38.0. The van der Waals surface area contributed by atoms with Gasteiger partial charge in [0.2, 0.25) is 5.91 Å². The van der Waals surface area contributed by atoms with Gasteiger partial charge in [0.25, 0.3) is 0 Å². The third kappa shape index (κ3) is 12.5. The number of carbonyl (C=O) groups is 1. The molecule has 0 spiro atoms. The number of aliphatic hydroxyl groups excluding tert-OH is 1. The summed E-state index contributed by atoms with van der Waals surface area (Å²) in [7, 11) is -0.859. The van der Waals surface area contributed by atoms with E-state index in [-0.39, 0.29) is 23.3 Å². The molecule has 10 nitrogen and oxygen atoms in total. The summed E-state index contributed by atoms with van der Waals surface area (Å²) in [6.45, 7) is 22.1. The molecule has 1 amide bonds. The fraction of sp³-hybridized carbons (Fsp3) is 0.431. The van der Waals surface area contributed by atoms with Crippen LogP contribution < -0.4 is 16.2 Å². The number of hydrogen-bond donors (Lipinski definition) is 2. The van der Waals surface area contributed by atoms with Crippen molar-refractivity contribution in [2.45, 2.75) is 67.2 Å². The van der Waals surface area contributed by atoms with E-state index in [1.807, 2.05) is 0 Å². The predicted molar refractivity (Wildman–Crippen MR) is 255 cm³/mol. The van der Waals surface area contributed by atoms with Gasteiger partial charge in [-0.3, -0.25) is 14.6 Å². The summed E-state index contributed by atoms with van der Waals surface area (Å²) in [5, 5.41) is 17.4. The summed E-state index contributed by atoms with van der Waals surface area (Å²) in [6, 6.07) is 34.5. The maximum Gasteiger partial charge on any atom is 0.494 e. The van der Waals surface area contributed by atoms with Gasteiger partial charge < -0.3 is 33.8 Å². The molecule has 2 heterocycles. The van der Waals surface area contributed by atoms with Gasteiger partial charge in [0, 0.05) is 88.6 Å². The molecule has 0 unspecified atom stereocenters. The zero-order valence-corrected chi connectivity index (χ0v) is 38.0. The van der Waals surface area contributed by atoms with Gasteiger partial charge in [0.1, 0.15) is 0 Å². The van der Waals surface area contributed by atoms with Crippen molar-refractivity contribution in [2.24, 2.45) is 10.8 Å². The third-order valence-corrected chi connectivity index (χ3v) is 11.9. The number of nitrogens with zero attached hydrogens (tertiary/aromatic N) is 2. The molecule has 2 N–H and O–H groups in total. The average molecular weight is 854 g/mol. The second-order valence-electron chi connectivity index (χ2n) is 18.9. The molecule has 0 bridgehead atoms. The number of carbonyl (C=O) groups excluding carboxylic acids is 1. The van der Waals surface area contributed by atoms with Crippen molar-refractivity contribution in [2.75, 3.05) is 65.9 Å². The highest BCUT2D eigenvalue weighted by Crippen LogP contribution is 2.34. The van der Waals surface area contributed by atoms with Crippen molar-refractivity contribution in [1.29, 1.82) is 0 Å². The van der Waals surface area contributed by atoms with Crippen LogP contribution in [0.25, 0.3) is 21.5 Å². The van der Waals surface area contributed by atoms with Crippen LogP contribution in [0.1, 0.15) is 63.3 Å². The van der Waals surface area contributed by atoms with Crippen molar-refractivity contribution < 1.29 is 33.3 Å². The molecule has 63 heavy (non-hydrogen) atoms. The predicted octanol–water partition coefficient (Wildman–Crippen LogP) is 6.63. The lowest BCUT2D eigenvalue weighted by atomic mass is 9.73. The second kappa shape index (κ2) is 21.5. The fourth-order valence-electron chi connectivity index (χ4n) is 8.55. The first kappa shape index (κ1) is 46.6. The van der Waals surface area contributed by atoms with Gasteiger partial charge in [0.15, 0.2) is 0 Å². The number of rotatable bonds is 20. The molecular formula is C51H65B2N3O7. The molecule has 2 saturated heterocycles. The van der Waals surface area contributed by atoms with Crippen LogP contribution in [0.2, 0.25) is 0 Å². The largest absolute Gasteiger partial charge is 0.494 e. The molecule has 7 rings (SSSR count). The summed E-state index contributed by atoms with van der Waals surface area (Å²) in [5.74, 6) is -0.122. The van der Waals surface area contributed by atoms with Crippen LogP contribution in [0.3, 0.4) is 0 Å². The Morgan fingerprint density at radius 3 is 1.83 bits per heavy atom. The Morgan fingerprint density at radius 1 is 0.698 bits per heavy atom. The summed E-state index contributed by atoms with van der Waals surface area (Å²) in [6.07, 6.45) is 0.758. The van der Waals surface area contributed by atoms with Crippen LogP contribution in [0.4, 0.5) is 0 Å². The highest BCUT2D eigenvalue weighted by atomic mass is 16.6. The van der Waals surface area contributed by atoms with E-state index in [2.05, 4.69) is 146 Å². The summed E-state index contributed by atoms with van der Waals surface area (Å²) in [4.78, 5) is 17.4. The van der Waals surface area contributed by atoms with E-state index in [0.29, 0.717) is 84.5 Å². The summed E-state index contributed by atoms with van der Waals surface area (Å²) >= 11 is 0. The molecular weight excluding hydrogens is 788 g/mol. The highest BCUT2D eigenvalue weighted by Gasteiger charge is 2.36. The molecule has 332 valence electrons. The molecule has 0 aliphatic carbocycles. The topological polar surface area (TPSA) is 102 Å². The van der Waals surface area contributed by atoms with E-state index in [1.54, 1.807) is 6.92 Å². The van der Waals surface area contributed by atoms with Gasteiger partial charge >= 0.3 is 14.2 Å². The number of ether oxygens (including phenoxy) is 1. The second-order valence-corrected chi connectivity index (χ2v) is 18.9. The standard InChI is InChI=1S/C51H65B2N3O7/c1-38(2)49(58)54-23-14-24-55(30-41-16-8-11-21-46(41)52-60-34-50(3,4)35-61-52)33-45-44-20-10-7-15-39(44)29-40-18-13-19-43(48(40)45)32-56(25-27-59-28-26-57)31-42-17-9-12-22-47(42)53-62-36-51(5,6)37-63-53/h7-13,15-22,29,57H,1,14,23-28,30-37H2,2-6H3,(H,54,58). The summed E-state index contributed by atoms with van der Waals surface area (Å²) < 4.78 is 31.1. The highest BCUT2D eigenvalue weighted by molar-refractivity contribution is 6.62. The van der Waals surface area contributed by atoms with Gasteiger partial charge in [-0.15, -0.1) is 0 Å². The number of hydrogen-bond acceptors (Lipinski definition) is 9. The first-order chi connectivity index (χ1) is 30.4. The molecule has 0 atom stereocenters. The lowest BCUT2D eigenvalue weighted by Crippen LogP contribution is -2.49. The van der Waals surface area contributed by atoms with Gasteiger partial charge in [-0.1, -0.05) is 125 Å². The van der Waals surface area contributed by atoms with E-state index < -0.39 is 14.2 Å². The van der Waals surface area contributed by atoms with Crippen molar-refractivity contribution in [3.63, 3.8) is 0 Å². The minimum Gasteiger partial charge on any atom is -0.407 e. The van der Waals surface area contributed by atoms with Gasteiger partial charge in [0.05, 0.1) is 19.8 Å². The Morgan fingerprint density at radius 2 is 1.22 bits per heavy atom. The van der Waals surface area contributed by atoms with Crippen molar-refractivity contribution in [3.8, 4) is 0 Å². The van der Waals surface area contributed by atoms with Crippen molar-refractivity contribution in [3.05, 3.63) is 131 Å². The number of amides is 1. The minimum absolute atomic E-state index is 0.0184. The normalized spacial score (nSPS) is 16.3. The zero-order chi connectivity index (χ0) is 44.4. The van der Waals surface area contributed by atoms with Crippen molar-refractivity contribution >= 4 is 52.6 Å². The van der Waals surface area contributed by atoms with E-state index in [0.717, 1.165) is 35.0 Å². The van der Waals surface area contributed by atoms with E-state index >= 15 is 0 Å². The number of nitrogens with one attached hydrogen (secondary N) is 1. The van der Waals surface area contributed by atoms with Gasteiger partial charge in [-0.25, -0.2) is 0 Å². The Hall–Kier alpha value is -4.36. The quantitative estimate of drug-likeness (QED) is 0.0387. The third-order valence-electron chi connectivity index (χ3n) is 11.9. The molecule has 0 aromatic heterocycles. The first-order valence-corrected chi connectivity index (χ1v) is 22.5. The first-order valence-electron chi connectivity index (χ1n) is 22.5. The van der Waals surface area contributed by atoms with Crippen LogP contribution in [0.15, 0.2) is 109 Å². The summed E-state index contributed by atoms with van der Waals surface area (Å²) in [5.41, 5.74) is 7.30. The van der Waals surface area contributed by atoms with E-state index in [1.165, 1.54) is 32.7 Å². The number of benzene rings is 5. The van der Waals surface area contributed by atoms with Gasteiger partial charge in [-0.05, 0) is 74.1 Å². The molecule has 12 heteroatoms. The van der Waals surface area contributed by atoms with Crippen molar-refractivity contribution in [1.82, 2.24) is 15.1 Å².